The zero-order chi connectivity index (χ0) is 34.8. The largest absolute Gasteiger partial charge is 0.462 e. The molecule has 47 heavy (non-hydrogen) atoms. The predicted molar refractivity (Wildman–Crippen MR) is 163 cm³/mol. The molecule has 14 nitrogen and oxygen atoms in total. The molecule has 5 saturated heterocycles. The zero-order valence-corrected chi connectivity index (χ0v) is 29.3. The summed E-state index contributed by atoms with van der Waals surface area (Å²) >= 11 is 0. The van der Waals surface area contributed by atoms with Crippen molar-refractivity contribution < 1.29 is 62.8 Å². The highest BCUT2D eigenvalue weighted by atomic mass is 16.8. The Balaban J connectivity index is 1.54. The van der Waals surface area contributed by atoms with Crippen LogP contribution < -0.4 is 0 Å². The number of methoxy groups -OCH3 is 1. The van der Waals surface area contributed by atoms with Crippen molar-refractivity contribution in [1.82, 2.24) is 4.90 Å². The second kappa shape index (κ2) is 13.4. The molecule has 5 rings (SSSR count). The lowest BCUT2D eigenvalue weighted by atomic mass is 9.77. The molecule has 12 unspecified atom stereocenters. The van der Waals surface area contributed by atoms with E-state index in [0.717, 1.165) is 0 Å². The number of nitrogens with zero attached hydrogens (tertiary/aromatic N) is 1. The third-order valence-electron chi connectivity index (χ3n) is 10.9. The highest BCUT2D eigenvalue weighted by molar-refractivity contribution is 5.83. The van der Waals surface area contributed by atoms with Crippen LogP contribution in [0.15, 0.2) is 0 Å². The van der Waals surface area contributed by atoms with E-state index in [2.05, 4.69) is 0 Å². The van der Waals surface area contributed by atoms with Gasteiger partial charge < -0.3 is 58.1 Å². The minimum absolute atomic E-state index is 0.169. The first kappa shape index (κ1) is 37.0. The van der Waals surface area contributed by atoms with E-state index in [4.69, 9.17) is 37.9 Å². The molecule has 0 aromatic carbocycles. The smallest absolute Gasteiger partial charge is 0.311 e. The quantitative estimate of drug-likeness (QED) is 0.284. The zero-order valence-electron chi connectivity index (χ0n) is 29.3. The summed E-state index contributed by atoms with van der Waals surface area (Å²) in [5, 5.41) is 34.7. The summed E-state index contributed by atoms with van der Waals surface area (Å²) in [5.41, 5.74) is -1.94. The number of hydrogen-bond acceptors (Lipinski definition) is 14. The number of Topliss-reactive ketones (excluding diaryl/α,β-unsaturated/α-hetero) is 1. The van der Waals surface area contributed by atoms with Gasteiger partial charge in [-0.1, -0.05) is 20.8 Å². The van der Waals surface area contributed by atoms with Gasteiger partial charge in [0.2, 0.25) is 5.79 Å². The van der Waals surface area contributed by atoms with Crippen LogP contribution in [0, 0.1) is 23.7 Å². The van der Waals surface area contributed by atoms with Crippen LogP contribution in [0.1, 0.15) is 67.7 Å². The van der Waals surface area contributed by atoms with Crippen molar-refractivity contribution in [2.45, 2.75) is 146 Å². The summed E-state index contributed by atoms with van der Waals surface area (Å²) in [5.74, 6) is -7.65. The maximum absolute atomic E-state index is 13.7. The van der Waals surface area contributed by atoms with Gasteiger partial charge in [0.15, 0.2) is 18.4 Å². The van der Waals surface area contributed by atoms with Gasteiger partial charge in [0.1, 0.15) is 36.3 Å². The first-order valence-electron chi connectivity index (χ1n) is 16.9. The summed E-state index contributed by atoms with van der Waals surface area (Å²) in [6.07, 6.45) is -6.22. The van der Waals surface area contributed by atoms with Crippen LogP contribution in [0.5, 0.6) is 0 Å². The maximum Gasteiger partial charge on any atom is 0.311 e. The van der Waals surface area contributed by atoms with E-state index in [1.807, 2.05) is 32.8 Å². The third kappa shape index (κ3) is 7.03. The molecule has 17 atom stereocenters. The first-order chi connectivity index (χ1) is 21.8. The molecular formula is C33H55NO13. The Morgan fingerprint density at radius 1 is 0.915 bits per heavy atom. The molecule has 0 saturated carbocycles. The maximum atomic E-state index is 13.7. The number of cyclic esters (lactones) is 1. The number of ketones is 1. The van der Waals surface area contributed by atoms with E-state index in [0.29, 0.717) is 6.42 Å². The number of aliphatic hydroxyl groups excluding tert-OH is 1. The molecule has 14 heteroatoms. The second-order valence-electron chi connectivity index (χ2n) is 15.0. The van der Waals surface area contributed by atoms with Crippen molar-refractivity contribution in [2.75, 3.05) is 27.8 Å². The van der Waals surface area contributed by atoms with E-state index in [1.54, 1.807) is 27.9 Å². The molecule has 0 radical (unpaired) electrons. The minimum atomic E-state index is -2.05. The third-order valence-corrected chi connectivity index (χ3v) is 10.9. The number of hydrogen-bond donors (Lipinski definition) is 3. The molecule has 0 amide bonds. The van der Waals surface area contributed by atoms with Crippen LogP contribution in [0.2, 0.25) is 0 Å². The van der Waals surface area contributed by atoms with Crippen LogP contribution in [0.4, 0.5) is 0 Å². The van der Waals surface area contributed by atoms with Gasteiger partial charge in [-0.2, -0.15) is 0 Å². The first-order valence-corrected chi connectivity index (χ1v) is 16.9. The van der Waals surface area contributed by atoms with Crippen molar-refractivity contribution in [3.05, 3.63) is 0 Å². The summed E-state index contributed by atoms with van der Waals surface area (Å²) < 4.78 is 49.2. The number of rotatable bonds is 4. The van der Waals surface area contributed by atoms with E-state index < -0.39 is 96.2 Å². The van der Waals surface area contributed by atoms with Gasteiger partial charge in [-0.05, 0) is 48.2 Å². The Morgan fingerprint density at radius 2 is 1.60 bits per heavy atom. The summed E-state index contributed by atoms with van der Waals surface area (Å²) in [6, 6.07) is -0.172. The number of aliphatic hydroxyl groups is 3. The number of carbonyl (C=O) groups excluding carboxylic acids is 2. The topological polar surface area (TPSA) is 175 Å². The Morgan fingerprint density at radius 3 is 2.23 bits per heavy atom. The van der Waals surface area contributed by atoms with Crippen LogP contribution >= 0.6 is 0 Å². The summed E-state index contributed by atoms with van der Waals surface area (Å²) in [6.45, 7) is 11.1. The van der Waals surface area contributed by atoms with Crippen LogP contribution in [0.25, 0.3) is 0 Å². The van der Waals surface area contributed by atoms with Crippen molar-refractivity contribution in [2.24, 2.45) is 23.7 Å². The van der Waals surface area contributed by atoms with Gasteiger partial charge in [0.25, 0.3) is 0 Å². The minimum Gasteiger partial charge on any atom is -0.462 e. The fourth-order valence-electron chi connectivity index (χ4n) is 8.03. The number of likely N-dealkylation sites (N-methyl/N-ethyl adjacent to an activating group) is 1. The molecular weight excluding hydrogens is 618 g/mol. The lowest BCUT2D eigenvalue weighted by Gasteiger charge is -2.55. The molecule has 0 aromatic heterocycles. The lowest BCUT2D eigenvalue weighted by molar-refractivity contribution is -0.425. The molecule has 5 heterocycles. The Kier molecular flexibility index (Phi) is 10.6. The van der Waals surface area contributed by atoms with Crippen molar-refractivity contribution >= 4 is 11.8 Å². The molecule has 0 aromatic rings. The Bertz CT molecular complexity index is 1150. The Labute approximate surface area is 277 Å². The molecule has 5 fully saturated rings. The lowest BCUT2D eigenvalue weighted by Crippen LogP contribution is -2.68. The molecule has 5 aliphatic rings. The van der Waals surface area contributed by atoms with Crippen LogP contribution in [-0.2, 0) is 47.5 Å². The van der Waals surface area contributed by atoms with Gasteiger partial charge in [-0.3, -0.25) is 9.59 Å². The van der Waals surface area contributed by atoms with Crippen LogP contribution in [0.3, 0.4) is 0 Å². The molecule has 0 spiro atoms. The van der Waals surface area contributed by atoms with Gasteiger partial charge >= 0.3 is 5.97 Å². The highest BCUT2D eigenvalue weighted by Gasteiger charge is 2.66. The fraction of sp³-hybridized carbons (Fsp3) is 0.939. The van der Waals surface area contributed by atoms with Crippen LogP contribution in [-0.4, -0.2) is 138 Å². The van der Waals surface area contributed by atoms with Gasteiger partial charge in [-0.25, -0.2) is 0 Å². The van der Waals surface area contributed by atoms with Crippen molar-refractivity contribution in [3.8, 4) is 0 Å². The molecule has 270 valence electrons. The second-order valence-corrected chi connectivity index (χ2v) is 15.0. The normalized spacial score (nSPS) is 52.9. The monoisotopic (exact) mass is 673 g/mol. The number of ether oxygens (including phenoxy) is 8. The number of carbonyl (C=O) groups is 2. The van der Waals surface area contributed by atoms with Crippen molar-refractivity contribution in [1.29, 1.82) is 0 Å². The SMILES string of the molecule is COC12CC(O[C@@H]3C(C)C(=O)OCC(C)(O)C(O)C(C)C(=O)[C@H](C)C[C@]4(O)OC5C(OC(C)CC5N(C)C)O[C@@H]4[C@H]3C)OC(C)C1O2. The number of fused-ring (bicyclic) bond motifs is 3. The predicted octanol–water partition coefficient (Wildman–Crippen LogP) is 0.958. The van der Waals surface area contributed by atoms with E-state index in [9.17, 15) is 24.9 Å². The van der Waals surface area contributed by atoms with Gasteiger partial charge in [0.05, 0.1) is 36.8 Å². The molecule has 0 bridgehead atoms. The molecule has 0 aliphatic carbocycles. The summed E-state index contributed by atoms with van der Waals surface area (Å²) in [4.78, 5) is 29.3. The standard InChI is InChI=1S/C33H55NO13/c1-15-12-32(39)27(45-30-25(46-32)21(34(8)9)11-16(2)42-30)18(4)24(44-22-13-33(40-10)28(47-33)20(6)43-22)19(5)29(37)41-14-31(7,38)26(36)17(3)23(15)35/h15-22,24-28,30,36,38-39H,11-14H2,1-10H3/t15-,16?,17?,18+,19?,20?,21?,22?,24+,25?,26?,27-,28?,30?,31?,32+,33?/m1/s1. The number of esters is 1. The van der Waals surface area contributed by atoms with Crippen molar-refractivity contribution in [3.63, 3.8) is 0 Å². The van der Waals surface area contributed by atoms with Gasteiger partial charge in [-0.15, -0.1) is 0 Å². The average Bonchev–Trinajstić information content (AvgIpc) is 3.75. The molecule has 3 N–H and O–H groups in total. The van der Waals surface area contributed by atoms with Gasteiger partial charge in [0, 0.05) is 37.3 Å². The average molecular weight is 674 g/mol. The Hall–Kier alpha value is -1.30. The number of epoxide rings is 1. The van der Waals surface area contributed by atoms with E-state index in [1.165, 1.54) is 13.8 Å². The van der Waals surface area contributed by atoms with E-state index >= 15 is 0 Å². The van der Waals surface area contributed by atoms with E-state index in [-0.39, 0.29) is 37.2 Å². The highest BCUT2D eigenvalue weighted by Crippen LogP contribution is 2.50. The fourth-order valence-corrected chi connectivity index (χ4v) is 8.03. The molecule has 5 aliphatic heterocycles. The summed E-state index contributed by atoms with van der Waals surface area (Å²) in [7, 11) is 5.39.